The molecular formula is C16H20BrN3O. The molecule has 0 radical (unpaired) electrons. The zero-order chi connectivity index (χ0) is 15.2. The molecule has 1 N–H and O–H groups in total. The minimum Gasteiger partial charge on any atom is -0.376 e. The first kappa shape index (κ1) is 15.8. The highest BCUT2D eigenvalue weighted by atomic mass is 79.9. The minimum absolute atomic E-state index is 0.0892. The highest BCUT2D eigenvalue weighted by Gasteiger charge is 2.11. The summed E-state index contributed by atoms with van der Waals surface area (Å²) in [5.41, 5.74) is 1.80. The predicted octanol–water partition coefficient (Wildman–Crippen LogP) is 3.98. The molecule has 0 bridgehead atoms. The van der Waals surface area contributed by atoms with E-state index in [0.29, 0.717) is 11.0 Å². The zero-order valence-corrected chi connectivity index (χ0v) is 13.9. The summed E-state index contributed by atoms with van der Waals surface area (Å²) < 4.78 is 2.04. The number of unbranched alkanes of at least 4 members (excludes halogenated alkanes) is 1. The Labute approximate surface area is 133 Å². The van der Waals surface area contributed by atoms with Crippen LogP contribution in [0.4, 0.5) is 5.69 Å². The first-order chi connectivity index (χ1) is 10.1. The maximum Gasteiger partial charge on any atom is 0.283 e. The van der Waals surface area contributed by atoms with E-state index in [4.69, 9.17) is 0 Å². The van der Waals surface area contributed by atoms with Gasteiger partial charge in [0.1, 0.15) is 4.47 Å². The molecule has 0 saturated heterocycles. The summed E-state index contributed by atoms with van der Waals surface area (Å²) in [7, 11) is 0. The molecule has 1 heterocycles. The Morgan fingerprint density at radius 1 is 1.33 bits per heavy atom. The fourth-order valence-corrected chi connectivity index (χ4v) is 2.51. The van der Waals surface area contributed by atoms with Gasteiger partial charge in [-0.3, -0.25) is 4.79 Å². The lowest BCUT2D eigenvalue weighted by Crippen LogP contribution is -2.25. The molecule has 0 spiro atoms. The van der Waals surface area contributed by atoms with E-state index in [0.717, 1.165) is 18.5 Å². The van der Waals surface area contributed by atoms with Crippen LogP contribution in [0.2, 0.25) is 0 Å². The summed E-state index contributed by atoms with van der Waals surface area (Å²) in [6.45, 7) is 4.81. The molecule has 0 fully saturated rings. The number of hydrogen-bond donors (Lipinski definition) is 1. The Morgan fingerprint density at radius 3 is 2.71 bits per heavy atom. The second-order valence-corrected chi connectivity index (χ2v) is 5.82. The van der Waals surface area contributed by atoms with Crippen LogP contribution in [-0.2, 0) is 6.54 Å². The third-order valence-electron chi connectivity index (χ3n) is 3.38. The van der Waals surface area contributed by atoms with Gasteiger partial charge < -0.3 is 5.32 Å². The summed E-state index contributed by atoms with van der Waals surface area (Å²) in [4.78, 5) is 12.2. The molecule has 2 rings (SSSR count). The van der Waals surface area contributed by atoms with Crippen molar-refractivity contribution < 1.29 is 0 Å². The largest absolute Gasteiger partial charge is 0.376 e. The third kappa shape index (κ3) is 3.94. The Hall–Kier alpha value is -1.62. The van der Waals surface area contributed by atoms with Crippen molar-refractivity contribution in [3.63, 3.8) is 0 Å². The van der Waals surface area contributed by atoms with E-state index in [1.807, 2.05) is 18.2 Å². The van der Waals surface area contributed by atoms with Gasteiger partial charge in [0, 0.05) is 12.6 Å². The van der Waals surface area contributed by atoms with E-state index in [-0.39, 0.29) is 11.6 Å². The van der Waals surface area contributed by atoms with Crippen LogP contribution >= 0.6 is 15.9 Å². The maximum atomic E-state index is 12.2. The van der Waals surface area contributed by atoms with Crippen molar-refractivity contribution in [1.82, 2.24) is 9.78 Å². The zero-order valence-electron chi connectivity index (χ0n) is 12.3. The fraction of sp³-hybridized carbons (Fsp3) is 0.375. The highest BCUT2D eigenvalue weighted by molar-refractivity contribution is 9.10. The standard InChI is InChI=1S/C16H20BrN3O/c1-3-4-10-20-16(21)15(17)14(11-18-20)19-12(2)13-8-6-5-7-9-13/h5-9,11-12,19H,3-4,10H2,1-2H3. The summed E-state index contributed by atoms with van der Waals surface area (Å²) in [6, 6.07) is 10.2. The van der Waals surface area contributed by atoms with Gasteiger partial charge in [-0.1, -0.05) is 43.7 Å². The number of nitrogens with zero attached hydrogens (tertiary/aromatic N) is 2. The van der Waals surface area contributed by atoms with Crippen molar-refractivity contribution in [2.45, 2.75) is 39.3 Å². The molecule has 0 aliphatic carbocycles. The molecule has 5 heteroatoms. The molecule has 21 heavy (non-hydrogen) atoms. The third-order valence-corrected chi connectivity index (χ3v) is 4.15. The predicted molar refractivity (Wildman–Crippen MR) is 89.6 cm³/mol. The molecule has 1 aromatic carbocycles. The van der Waals surface area contributed by atoms with Crippen LogP contribution in [0.15, 0.2) is 45.8 Å². The highest BCUT2D eigenvalue weighted by Crippen LogP contribution is 2.23. The van der Waals surface area contributed by atoms with Crippen LogP contribution in [0.25, 0.3) is 0 Å². The lowest BCUT2D eigenvalue weighted by atomic mass is 10.1. The van der Waals surface area contributed by atoms with Crippen molar-refractivity contribution in [1.29, 1.82) is 0 Å². The first-order valence-corrected chi connectivity index (χ1v) is 8.00. The second-order valence-electron chi connectivity index (χ2n) is 5.03. The van der Waals surface area contributed by atoms with E-state index in [1.54, 1.807) is 6.20 Å². The monoisotopic (exact) mass is 349 g/mol. The van der Waals surface area contributed by atoms with Crippen molar-refractivity contribution in [3.8, 4) is 0 Å². The van der Waals surface area contributed by atoms with Crippen LogP contribution in [0.1, 0.15) is 38.3 Å². The summed E-state index contributed by atoms with van der Waals surface area (Å²) in [6.07, 6.45) is 3.70. The van der Waals surface area contributed by atoms with Gasteiger partial charge in [0.2, 0.25) is 0 Å². The lowest BCUT2D eigenvalue weighted by molar-refractivity contribution is 0.541. The molecule has 0 aliphatic heterocycles. The Balaban J connectivity index is 2.18. The van der Waals surface area contributed by atoms with Gasteiger partial charge in [-0.15, -0.1) is 0 Å². The SMILES string of the molecule is CCCCn1ncc(NC(C)c2ccccc2)c(Br)c1=O. The normalized spacial score (nSPS) is 12.1. The number of halogens is 1. The smallest absolute Gasteiger partial charge is 0.283 e. The van der Waals surface area contributed by atoms with Gasteiger partial charge in [0.25, 0.3) is 5.56 Å². The number of benzene rings is 1. The average molecular weight is 350 g/mol. The summed E-state index contributed by atoms with van der Waals surface area (Å²) >= 11 is 3.39. The van der Waals surface area contributed by atoms with Crippen molar-refractivity contribution in [2.24, 2.45) is 0 Å². The number of hydrogen-bond acceptors (Lipinski definition) is 3. The van der Waals surface area contributed by atoms with Crippen molar-refractivity contribution in [2.75, 3.05) is 5.32 Å². The van der Waals surface area contributed by atoms with Gasteiger partial charge in [-0.05, 0) is 34.8 Å². The molecule has 1 atom stereocenters. The molecule has 1 unspecified atom stereocenters. The molecule has 0 saturated carbocycles. The van der Waals surface area contributed by atoms with E-state index in [9.17, 15) is 4.79 Å². The van der Waals surface area contributed by atoms with Gasteiger partial charge in [0.15, 0.2) is 0 Å². The minimum atomic E-state index is -0.0892. The number of rotatable bonds is 6. The van der Waals surface area contributed by atoms with E-state index in [2.05, 4.69) is 52.3 Å². The lowest BCUT2D eigenvalue weighted by Gasteiger charge is -2.17. The van der Waals surface area contributed by atoms with Crippen LogP contribution in [0.3, 0.4) is 0 Å². The average Bonchev–Trinajstić information content (AvgIpc) is 2.52. The van der Waals surface area contributed by atoms with Gasteiger partial charge in [0.05, 0.1) is 11.9 Å². The van der Waals surface area contributed by atoms with Crippen LogP contribution < -0.4 is 10.9 Å². The summed E-state index contributed by atoms with van der Waals surface area (Å²) in [5, 5.41) is 7.56. The Morgan fingerprint density at radius 2 is 2.05 bits per heavy atom. The van der Waals surface area contributed by atoms with Crippen LogP contribution in [0.5, 0.6) is 0 Å². The number of nitrogens with one attached hydrogen (secondary N) is 1. The van der Waals surface area contributed by atoms with Crippen molar-refractivity contribution in [3.05, 3.63) is 56.9 Å². The fourth-order valence-electron chi connectivity index (χ4n) is 2.09. The quantitative estimate of drug-likeness (QED) is 0.857. The van der Waals surface area contributed by atoms with Gasteiger partial charge >= 0.3 is 0 Å². The van der Waals surface area contributed by atoms with Gasteiger partial charge in [-0.25, -0.2) is 4.68 Å². The molecular weight excluding hydrogens is 330 g/mol. The molecule has 0 amide bonds. The number of anilines is 1. The van der Waals surface area contributed by atoms with E-state index < -0.39 is 0 Å². The Kier molecular flexibility index (Phi) is 5.56. The molecule has 0 aliphatic rings. The second kappa shape index (κ2) is 7.41. The first-order valence-electron chi connectivity index (χ1n) is 7.20. The maximum absolute atomic E-state index is 12.2. The van der Waals surface area contributed by atoms with Crippen LogP contribution in [-0.4, -0.2) is 9.78 Å². The Bertz CT molecular complexity index is 640. The summed E-state index contributed by atoms with van der Waals surface area (Å²) in [5.74, 6) is 0. The molecule has 2 aromatic rings. The topological polar surface area (TPSA) is 46.9 Å². The van der Waals surface area contributed by atoms with E-state index in [1.165, 1.54) is 10.2 Å². The number of aryl methyl sites for hydroxylation is 1. The van der Waals surface area contributed by atoms with Crippen LogP contribution in [0, 0.1) is 0 Å². The van der Waals surface area contributed by atoms with E-state index >= 15 is 0 Å². The van der Waals surface area contributed by atoms with Gasteiger partial charge in [-0.2, -0.15) is 5.10 Å². The molecule has 4 nitrogen and oxygen atoms in total. The van der Waals surface area contributed by atoms with Crippen molar-refractivity contribution >= 4 is 21.6 Å². The molecule has 1 aromatic heterocycles. The number of aromatic nitrogens is 2. The molecule has 112 valence electrons.